The van der Waals surface area contributed by atoms with E-state index in [2.05, 4.69) is 20.7 Å². The number of hydrogen-bond acceptors (Lipinski definition) is 8. The lowest BCUT2D eigenvalue weighted by Gasteiger charge is -2.30. The first-order valence-corrected chi connectivity index (χ1v) is 11.8. The number of carbonyl (C=O) groups excluding carboxylic acids is 2. The van der Waals surface area contributed by atoms with Gasteiger partial charge in [0.1, 0.15) is 23.8 Å². The fourth-order valence-corrected chi connectivity index (χ4v) is 4.41. The van der Waals surface area contributed by atoms with Gasteiger partial charge >= 0.3 is 0 Å². The summed E-state index contributed by atoms with van der Waals surface area (Å²) >= 11 is 0. The Kier molecular flexibility index (Phi) is 6.52. The second-order valence-electron chi connectivity index (χ2n) is 8.75. The van der Waals surface area contributed by atoms with Crippen LogP contribution >= 0.6 is 0 Å². The van der Waals surface area contributed by atoms with Gasteiger partial charge in [0.25, 0.3) is 11.8 Å². The highest BCUT2D eigenvalue weighted by Gasteiger charge is 2.36. The van der Waals surface area contributed by atoms with E-state index in [0.717, 1.165) is 30.5 Å². The normalized spacial score (nSPS) is 14.6. The van der Waals surface area contributed by atoms with E-state index in [1.807, 2.05) is 0 Å². The summed E-state index contributed by atoms with van der Waals surface area (Å²) in [5.74, 6) is 0.744. The van der Waals surface area contributed by atoms with Gasteiger partial charge in [-0.2, -0.15) is 4.80 Å². The molecule has 3 heterocycles. The molecule has 5 rings (SSSR count). The predicted molar refractivity (Wildman–Crippen MR) is 128 cm³/mol. The quantitative estimate of drug-likeness (QED) is 0.383. The number of amides is 2. The third-order valence-corrected chi connectivity index (χ3v) is 6.09. The van der Waals surface area contributed by atoms with Crippen molar-refractivity contribution in [3.63, 3.8) is 0 Å². The molecular weight excluding hydrogens is 464 g/mol. The molecule has 36 heavy (non-hydrogen) atoms. The minimum Gasteiger partial charge on any atom is -0.508 e. The lowest BCUT2D eigenvalue weighted by atomic mass is 10.1. The molecule has 186 valence electrons. The summed E-state index contributed by atoms with van der Waals surface area (Å²) in [6.07, 6.45) is 5.30. The zero-order valence-electron chi connectivity index (χ0n) is 19.7. The van der Waals surface area contributed by atoms with Crippen LogP contribution in [0, 0.1) is 6.92 Å². The van der Waals surface area contributed by atoms with E-state index in [9.17, 15) is 14.7 Å². The van der Waals surface area contributed by atoms with Gasteiger partial charge in [0.15, 0.2) is 11.8 Å². The highest BCUT2D eigenvalue weighted by molar-refractivity contribution is 6.01. The second-order valence-corrected chi connectivity index (χ2v) is 8.75. The van der Waals surface area contributed by atoms with E-state index in [1.165, 1.54) is 23.3 Å². The molecule has 1 aromatic carbocycles. The topological polar surface area (TPSA) is 140 Å². The molecule has 11 heteroatoms. The van der Waals surface area contributed by atoms with Crippen LogP contribution in [0.3, 0.4) is 0 Å². The zero-order valence-corrected chi connectivity index (χ0v) is 19.7. The van der Waals surface area contributed by atoms with Crippen molar-refractivity contribution < 1.29 is 23.5 Å². The maximum Gasteiger partial charge on any atom is 0.251 e. The van der Waals surface area contributed by atoms with Crippen molar-refractivity contribution in [1.82, 2.24) is 25.5 Å². The minimum absolute atomic E-state index is 0.0346. The molecule has 0 radical (unpaired) electrons. The van der Waals surface area contributed by atoms with Gasteiger partial charge in [-0.3, -0.25) is 14.5 Å². The number of carbonyl (C=O) groups is 2. The molecule has 1 unspecified atom stereocenters. The van der Waals surface area contributed by atoms with Crippen molar-refractivity contribution in [2.24, 2.45) is 0 Å². The molecular formula is C25H26N6O5. The van der Waals surface area contributed by atoms with Crippen LogP contribution in [0.4, 0.5) is 5.69 Å². The average molecular weight is 491 g/mol. The number of benzene rings is 1. The maximum atomic E-state index is 13.7. The lowest BCUT2D eigenvalue weighted by Crippen LogP contribution is -2.47. The number of anilines is 1. The molecule has 1 saturated carbocycles. The first-order chi connectivity index (χ1) is 17.5. The van der Waals surface area contributed by atoms with Crippen molar-refractivity contribution in [3.05, 3.63) is 66.3 Å². The number of rotatable bonds is 8. The molecule has 11 nitrogen and oxygen atoms in total. The number of tetrazole rings is 1. The Morgan fingerprint density at radius 2 is 2.03 bits per heavy atom. The molecule has 3 aromatic heterocycles. The van der Waals surface area contributed by atoms with Crippen LogP contribution in [0.1, 0.15) is 43.2 Å². The number of aryl methyl sites for hydroxylation is 1. The molecule has 0 spiro atoms. The van der Waals surface area contributed by atoms with E-state index < -0.39 is 11.9 Å². The summed E-state index contributed by atoms with van der Waals surface area (Å²) in [7, 11) is 0. The standard InChI is InChI=1S/C25H26N6O5/c1-16-11-12-21(36-16)24-27-29-30(28-24)15-22(33)31(18-8-4-9-19(32)14-18)23(20-10-5-13-35-20)25(34)26-17-6-2-3-7-17/h4-5,8-14,17,23,32H,2-3,6-7,15H2,1H3,(H,26,34). The Hall–Kier alpha value is -4.41. The van der Waals surface area contributed by atoms with Crippen molar-refractivity contribution in [2.45, 2.75) is 51.2 Å². The van der Waals surface area contributed by atoms with Crippen LogP contribution in [-0.2, 0) is 16.1 Å². The number of nitrogens with zero attached hydrogens (tertiary/aromatic N) is 5. The molecule has 1 aliphatic rings. The van der Waals surface area contributed by atoms with Gasteiger partial charge < -0.3 is 19.3 Å². The van der Waals surface area contributed by atoms with Gasteiger partial charge in [0, 0.05) is 17.8 Å². The summed E-state index contributed by atoms with van der Waals surface area (Å²) in [6, 6.07) is 11.9. The first-order valence-electron chi connectivity index (χ1n) is 11.8. The zero-order chi connectivity index (χ0) is 25.1. The lowest BCUT2D eigenvalue weighted by molar-refractivity contribution is -0.128. The summed E-state index contributed by atoms with van der Waals surface area (Å²) in [6.45, 7) is 1.49. The summed E-state index contributed by atoms with van der Waals surface area (Å²) in [5, 5.41) is 25.4. The maximum absolute atomic E-state index is 13.7. The minimum atomic E-state index is -1.11. The molecule has 1 atom stereocenters. The van der Waals surface area contributed by atoms with Gasteiger partial charge in [0.05, 0.1) is 6.26 Å². The van der Waals surface area contributed by atoms with E-state index >= 15 is 0 Å². The molecule has 2 N–H and O–H groups in total. The number of nitrogens with one attached hydrogen (secondary N) is 1. The Morgan fingerprint density at radius 3 is 2.72 bits per heavy atom. The molecule has 4 aromatic rings. The van der Waals surface area contributed by atoms with Gasteiger partial charge in [-0.25, -0.2) is 0 Å². The molecule has 2 amide bonds. The SMILES string of the molecule is Cc1ccc(-c2nnn(CC(=O)N(c3cccc(O)c3)C(C(=O)NC3CCCC3)c3ccco3)n2)o1. The Bertz CT molecular complexity index is 1340. The number of aromatic nitrogens is 4. The Labute approximate surface area is 206 Å². The Morgan fingerprint density at radius 1 is 1.19 bits per heavy atom. The van der Waals surface area contributed by atoms with Gasteiger partial charge in [-0.1, -0.05) is 18.9 Å². The van der Waals surface area contributed by atoms with E-state index in [1.54, 1.807) is 43.3 Å². The number of phenolic OH excluding ortho intramolecular Hbond substituents is 1. The van der Waals surface area contributed by atoms with Crippen LogP contribution in [0.5, 0.6) is 5.75 Å². The van der Waals surface area contributed by atoms with Gasteiger partial charge in [0.2, 0.25) is 5.82 Å². The monoisotopic (exact) mass is 490 g/mol. The molecule has 1 aliphatic carbocycles. The summed E-state index contributed by atoms with van der Waals surface area (Å²) in [4.78, 5) is 29.7. The van der Waals surface area contributed by atoms with Gasteiger partial charge in [-0.05, 0) is 61.4 Å². The third-order valence-electron chi connectivity index (χ3n) is 6.09. The average Bonchev–Trinajstić information content (AvgIpc) is 3.65. The molecule has 0 aliphatic heterocycles. The van der Waals surface area contributed by atoms with E-state index in [0.29, 0.717) is 23.0 Å². The number of furan rings is 2. The number of phenols is 1. The summed E-state index contributed by atoms with van der Waals surface area (Å²) < 4.78 is 11.1. The van der Waals surface area contributed by atoms with Crippen LogP contribution < -0.4 is 10.2 Å². The number of hydrogen-bond donors (Lipinski definition) is 2. The van der Waals surface area contributed by atoms with Crippen LogP contribution in [0.2, 0.25) is 0 Å². The smallest absolute Gasteiger partial charge is 0.251 e. The molecule has 0 saturated heterocycles. The summed E-state index contributed by atoms with van der Waals surface area (Å²) in [5.41, 5.74) is 0.324. The van der Waals surface area contributed by atoms with Crippen LogP contribution in [0.25, 0.3) is 11.6 Å². The highest BCUT2D eigenvalue weighted by Crippen LogP contribution is 2.31. The largest absolute Gasteiger partial charge is 0.508 e. The first kappa shape index (κ1) is 23.3. The highest BCUT2D eigenvalue weighted by atomic mass is 16.3. The fourth-order valence-electron chi connectivity index (χ4n) is 4.41. The Balaban J connectivity index is 1.47. The van der Waals surface area contributed by atoms with Crippen molar-refractivity contribution in [1.29, 1.82) is 0 Å². The van der Waals surface area contributed by atoms with Crippen LogP contribution in [-0.4, -0.2) is 43.2 Å². The van der Waals surface area contributed by atoms with Crippen molar-refractivity contribution >= 4 is 17.5 Å². The number of aromatic hydroxyl groups is 1. The molecule has 0 bridgehead atoms. The second kappa shape index (κ2) is 10.1. The third kappa shape index (κ3) is 4.99. The van der Waals surface area contributed by atoms with Crippen LogP contribution in [0.15, 0.2) is 63.6 Å². The van der Waals surface area contributed by atoms with E-state index in [-0.39, 0.29) is 30.1 Å². The molecule has 1 fully saturated rings. The predicted octanol–water partition coefficient (Wildman–Crippen LogP) is 3.37. The van der Waals surface area contributed by atoms with Crippen molar-refractivity contribution in [2.75, 3.05) is 4.90 Å². The van der Waals surface area contributed by atoms with Gasteiger partial charge in [-0.15, -0.1) is 10.2 Å². The fraction of sp³-hybridized carbons (Fsp3) is 0.320. The van der Waals surface area contributed by atoms with Crippen molar-refractivity contribution in [3.8, 4) is 17.3 Å². The van der Waals surface area contributed by atoms with E-state index in [4.69, 9.17) is 8.83 Å².